The number of carbonyl (C=O) groups is 2. The Kier molecular flexibility index (Phi) is 4.46. The Morgan fingerprint density at radius 2 is 2.00 bits per heavy atom. The summed E-state index contributed by atoms with van der Waals surface area (Å²) in [5.41, 5.74) is 2.00. The molecule has 0 spiro atoms. The molecule has 1 amide bonds. The van der Waals surface area contributed by atoms with Crippen LogP contribution in [0.25, 0.3) is 0 Å². The molecule has 5 heteroatoms. The van der Waals surface area contributed by atoms with E-state index in [2.05, 4.69) is 5.32 Å². The van der Waals surface area contributed by atoms with E-state index in [0.29, 0.717) is 5.02 Å². The van der Waals surface area contributed by atoms with Crippen LogP contribution in [0.3, 0.4) is 0 Å². The number of aldehydes is 1. The quantitative estimate of drug-likeness (QED) is 0.854. The molecule has 118 valence electrons. The molecule has 0 radical (unpaired) electrons. The van der Waals surface area contributed by atoms with Gasteiger partial charge in [-0.2, -0.15) is 0 Å². The topological polar surface area (TPSA) is 46.2 Å². The van der Waals surface area contributed by atoms with E-state index < -0.39 is 10.8 Å². The Bertz CT molecular complexity index is 747. The van der Waals surface area contributed by atoms with Crippen LogP contribution in [0.1, 0.15) is 23.6 Å². The Balaban J connectivity index is 1.98. The van der Waals surface area contributed by atoms with Crippen molar-refractivity contribution < 1.29 is 9.59 Å². The summed E-state index contributed by atoms with van der Waals surface area (Å²) in [6, 6.07) is 14.8. The number of benzene rings is 2. The van der Waals surface area contributed by atoms with Gasteiger partial charge in [0.1, 0.15) is 11.0 Å². The van der Waals surface area contributed by atoms with Gasteiger partial charge in [0.15, 0.2) is 0 Å². The van der Waals surface area contributed by atoms with Gasteiger partial charge in [-0.15, -0.1) is 11.8 Å². The largest absolute Gasteiger partial charge is 0.347 e. The highest BCUT2D eigenvalue weighted by Gasteiger charge is 2.48. The van der Waals surface area contributed by atoms with Gasteiger partial charge in [-0.25, -0.2) is 0 Å². The fraction of sp³-hybridized carbons (Fsp3) is 0.222. The Labute approximate surface area is 144 Å². The minimum Gasteiger partial charge on any atom is -0.347 e. The van der Waals surface area contributed by atoms with Crippen molar-refractivity contribution in [1.82, 2.24) is 5.32 Å². The summed E-state index contributed by atoms with van der Waals surface area (Å²) < 4.78 is -0.864. The van der Waals surface area contributed by atoms with E-state index in [0.717, 1.165) is 22.3 Å². The van der Waals surface area contributed by atoms with Crippen molar-refractivity contribution in [2.45, 2.75) is 29.0 Å². The van der Waals surface area contributed by atoms with E-state index in [9.17, 15) is 9.59 Å². The number of nitrogens with one attached hydrogen (secondary N) is 1. The van der Waals surface area contributed by atoms with Gasteiger partial charge >= 0.3 is 0 Å². The van der Waals surface area contributed by atoms with Gasteiger partial charge < -0.3 is 10.1 Å². The van der Waals surface area contributed by atoms with E-state index in [-0.39, 0.29) is 12.3 Å². The molecule has 1 fully saturated rings. The van der Waals surface area contributed by atoms with E-state index in [1.165, 1.54) is 11.8 Å². The zero-order valence-electron chi connectivity index (χ0n) is 12.6. The maximum absolute atomic E-state index is 12.0. The number of carbonyl (C=O) groups excluding carboxylic acids is 2. The first-order valence-electron chi connectivity index (χ1n) is 7.29. The van der Waals surface area contributed by atoms with Gasteiger partial charge in [0.2, 0.25) is 5.91 Å². The molecule has 3 nitrogen and oxygen atoms in total. The summed E-state index contributed by atoms with van der Waals surface area (Å²) in [5.74, 6) is -0.123. The number of hydrogen-bond acceptors (Lipinski definition) is 3. The van der Waals surface area contributed by atoms with Crippen molar-refractivity contribution >= 4 is 35.6 Å². The van der Waals surface area contributed by atoms with Gasteiger partial charge in [-0.3, -0.25) is 4.79 Å². The zero-order chi connectivity index (χ0) is 16.4. The Hall–Kier alpha value is -1.78. The monoisotopic (exact) mass is 345 g/mol. The second kappa shape index (κ2) is 6.38. The third kappa shape index (κ3) is 3.28. The molecule has 2 aromatic rings. The van der Waals surface area contributed by atoms with Gasteiger partial charge in [-0.1, -0.05) is 41.4 Å². The number of halogens is 1. The average molecular weight is 346 g/mol. The highest BCUT2D eigenvalue weighted by molar-refractivity contribution is 8.01. The van der Waals surface area contributed by atoms with Crippen LogP contribution in [0, 0.1) is 6.92 Å². The second-order valence-corrected chi connectivity index (χ2v) is 7.59. The summed E-state index contributed by atoms with van der Waals surface area (Å²) in [5, 5.41) is 3.51. The summed E-state index contributed by atoms with van der Waals surface area (Å²) in [6.45, 7) is 2.01. The van der Waals surface area contributed by atoms with E-state index >= 15 is 0 Å². The van der Waals surface area contributed by atoms with Crippen LogP contribution in [0.5, 0.6) is 0 Å². The fourth-order valence-corrected chi connectivity index (χ4v) is 4.27. The SMILES string of the molecule is Cc1ccc(S[C@]2(C=O)CC(=O)NC2c2cccc(Cl)c2)cc1. The third-order valence-electron chi connectivity index (χ3n) is 3.94. The molecule has 1 unspecified atom stereocenters. The smallest absolute Gasteiger partial charge is 0.222 e. The Morgan fingerprint density at radius 1 is 1.26 bits per heavy atom. The fourth-order valence-electron chi connectivity index (χ4n) is 2.79. The molecule has 2 aromatic carbocycles. The first-order valence-corrected chi connectivity index (χ1v) is 8.49. The predicted octanol–water partition coefficient (Wildman–Crippen LogP) is 3.94. The van der Waals surface area contributed by atoms with Crippen LogP contribution in [-0.2, 0) is 9.59 Å². The lowest BCUT2D eigenvalue weighted by Gasteiger charge is -2.28. The van der Waals surface area contributed by atoms with Crippen LogP contribution in [-0.4, -0.2) is 16.9 Å². The molecule has 1 aliphatic rings. The maximum Gasteiger partial charge on any atom is 0.222 e. The maximum atomic E-state index is 12.0. The van der Waals surface area contributed by atoms with Crippen molar-refractivity contribution in [3.05, 3.63) is 64.7 Å². The lowest BCUT2D eigenvalue weighted by atomic mass is 9.94. The molecule has 1 N–H and O–H groups in total. The lowest BCUT2D eigenvalue weighted by molar-refractivity contribution is -0.120. The average Bonchev–Trinajstić information content (AvgIpc) is 2.87. The van der Waals surface area contributed by atoms with Gasteiger partial charge in [-0.05, 0) is 36.8 Å². The first-order chi connectivity index (χ1) is 11.0. The van der Waals surface area contributed by atoms with Gasteiger partial charge in [0.05, 0.1) is 12.5 Å². The van der Waals surface area contributed by atoms with E-state index in [1.54, 1.807) is 12.1 Å². The molecular formula is C18H16ClNO2S. The molecule has 0 aromatic heterocycles. The van der Waals surface area contributed by atoms with Crippen LogP contribution >= 0.6 is 23.4 Å². The first kappa shape index (κ1) is 16.1. The summed E-state index contributed by atoms with van der Waals surface area (Å²) in [6.07, 6.45) is 1.05. The standard InChI is InChI=1S/C18H16ClNO2S/c1-12-5-7-15(8-6-12)23-18(11-21)10-16(22)20-17(18)13-3-2-4-14(19)9-13/h2-9,11,17H,10H2,1H3,(H,20,22)/t17?,18-/m0/s1. The van der Waals surface area contributed by atoms with Crippen molar-refractivity contribution in [3.63, 3.8) is 0 Å². The van der Waals surface area contributed by atoms with E-state index in [4.69, 9.17) is 11.6 Å². The number of thioether (sulfide) groups is 1. The number of aryl methyl sites for hydroxylation is 1. The molecule has 1 heterocycles. The molecule has 2 atom stereocenters. The third-order valence-corrected chi connectivity index (χ3v) is 5.54. The normalized spacial score (nSPS) is 23.6. The molecule has 23 heavy (non-hydrogen) atoms. The van der Waals surface area contributed by atoms with Crippen LogP contribution < -0.4 is 5.32 Å². The highest BCUT2D eigenvalue weighted by atomic mass is 35.5. The van der Waals surface area contributed by atoms with Gasteiger partial charge in [0, 0.05) is 9.92 Å². The highest BCUT2D eigenvalue weighted by Crippen LogP contribution is 2.47. The lowest BCUT2D eigenvalue weighted by Crippen LogP contribution is -2.34. The summed E-state index contributed by atoms with van der Waals surface area (Å²) in [7, 11) is 0. The van der Waals surface area contributed by atoms with Gasteiger partial charge in [0.25, 0.3) is 0 Å². The van der Waals surface area contributed by atoms with Crippen molar-refractivity contribution in [3.8, 4) is 0 Å². The minimum absolute atomic E-state index is 0.123. The van der Waals surface area contributed by atoms with E-state index in [1.807, 2.05) is 43.3 Å². The number of hydrogen-bond donors (Lipinski definition) is 1. The molecule has 3 rings (SSSR count). The molecule has 0 saturated carbocycles. The van der Waals surface area contributed by atoms with Crippen LogP contribution in [0.4, 0.5) is 0 Å². The summed E-state index contributed by atoms with van der Waals surface area (Å²) >= 11 is 7.49. The molecule has 1 saturated heterocycles. The molecular weight excluding hydrogens is 330 g/mol. The van der Waals surface area contributed by atoms with Crippen molar-refractivity contribution in [1.29, 1.82) is 0 Å². The van der Waals surface area contributed by atoms with Crippen molar-refractivity contribution in [2.75, 3.05) is 0 Å². The number of rotatable bonds is 4. The van der Waals surface area contributed by atoms with Crippen LogP contribution in [0.2, 0.25) is 5.02 Å². The minimum atomic E-state index is -0.864. The predicted molar refractivity (Wildman–Crippen MR) is 92.8 cm³/mol. The summed E-state index contributed by atoms with van der Waals surface area (Å²) in [4.78, 5) is 24.9. The second-order valence-electron chi connectivity index (χ2n) is 5.72. The molecule has 0 bridgehead atoms. The Morgan fingerprint density at radius 3 is 2.65 bits per heavy atom. The van der Waals surface area contributed by atoms with Crippen LogP contribution in [0.15, 0.2) is 53.4 Å². The molecule has 0 aliphatic carbocycles. The zero-order valence-corrected chi connectivity index (χ0v) is 14.2. The number of amides is 1. The molecule has 1 aliphatic heterocycles. The van der Waals surface area contributed by atoms with Crippen molar-refractivity contribution in [2.24, 2.45) is 0 Å².